The molecule has 0 saturated heterocycles. The monoisotopic (exact) mass is 258 g/mol. The molecule has 1 aromatic carbocycles. The van der Waals surface area contributed by atoms with Crippen molar-refractivity contribution in [3.05, 3.63) is 47.4 Å². The lowest BCUT2D eigenvalue weighted by Crippen LogP contribution is -2.16. The highest BCUT2D eigenvalue weighted by molar-refractivity contribution is 5.67. The van der Waals surface area contributed by atoms with Crippen LogP contribution in [0.2, 0.25) is 0 Å². The summed E-state index contributed by atoms with van der Waals surface area (Å²) in [7, 11) is 1.87. The average Bonchev–Trinajstić information content (AvgIpc) is 2.83. The molecule has 1 N–H and O–H groups in total. The first-order chi connectivity index (χ1) is 9.28. The number of aromatic nitrogens is 2. The van der Waals surface area contributed by atoms with E-state index in [0.717, 1.165) is 35.7 Å². The summed E-state index contributed by atoms with van der Waals surface area (Å²) in [5.41, 5.74) is 2.95. The number of benzene rings is 1. The third kappa shape index (κ3) is 2.29. The van der Waals surface area contributed by atoms with Gasteiger partial charge in [0, 0.05) is 18.8 Å². The van der Waals surface area contributed by atoms with Gasteiger partial charge in [-0.3, -0.25) is 0 Å². The third-order valence-corrected chi connectivity index (χ3v) is 3.28. The van der Waals surface area contributed by atoms with E-state index >= 15 is 0 Å². The van der Waals surface area contributed by atoms with E-state index in [4.69, 9.17) is 0 Å². The predicted octanol–water partition coefficient (Wildman–Crippen LogP) is 2.03. The molecule has 0 saturated carbocycles. The second kappa shape index (κ2) is 4.93. The smallest absolute Gasteiger partial charge is 0.155 e. The van der Waals surface area contributed by atoms with Crippen molar-refractivity contribution in [2.45, 2.75) is 13.0 Å². The summed E-state index contributed by atoms with van der Waals surface area (Å²) in [5, 5.41) is 11.4. The molecule has 0 aliphatic carbocycles. The second-order valence-electron chi connectivity index (χ2n) is 4.59. The van der Waals surface area contributed by atoms with Crippen LogP contribution in [0.4, 0.5) is 15.9 Å². The molecule has 0 unspecified atom stereocenters. The molecule has 3 rings (SSSR count). The van der Waals surface area contributed by atoms with Gasteiger partial charge in [0.2, 0.25) is 0 Å². The molecule has 0 bridgehead atoms. The maximum absolute atomic E-state index is 13.3. The van der Waals surface area contributed by atoms with Crippen molar-refractivity contribution in [1.29, 1.82) is 0 Å². The molecule has 1 aliphatic heterocycles. The van der Waals surface area contributed by atoms with Crippen LogP contribution in [0.15, 0.2) is 30.3 Å². The van der Waals surface area contributed by atoms with Crippen LogP contribution in [0.5, 0.6) is 0 Å². The van der Waals surface area contributed by atoms with E-state index in [1.54, 1.807) is 6.07 Å². The highest BCUT2D eigenvalue weighted by atomic mass is 19.1. The van der Waals surface area contributed by atoms with Crippen LogP contribution in [0.3, 0.4) is 0 Å². The molecule has 0 fully saturated rings. The number of nitrogens with zero attached hydrogens (tertiary/aromatic N) is 3. The molecule has 2 heterocycles. The van der Waals surface area contributed by atoms with Crippen LogP contribution in [0.25, 0.3) is 0 Å². The zero-order valence-corrected chi connectivity index (χ0v) is 10.7. The molecular weight excluding hydrogens is 243 g/mol. The Morgan fingerprint density at radius 1 is 1.26 bits per heavy atom. The van der Waals surface area contributed by atoms with E-state index in [1.807, 2.05) is 30.1 Å². The number of anilines is 2. The number of hydrogen-bond donors (Lipinski definition) is 1. The van der Waals surface area contributed by atoms with E-state index in [2.05, 4.69) is 15.5 Å². The van der Waals surface area contributed by atoms with E-state index in [1.165, 1.54) is 6.07 Å². The third-order valence-electron chi connectivity index (χ3n) is 3.28. The van der Waals surface area contributed by atoms with Gasteiger partial charge in [-0.25, -0.2) is 4.39 Å². The van der Waals surface area contributed by atoms with Crippen molar-refractivity contribution >= 4 is 11.5 Å². The van der Waals surface area contributed by atoms with Crippen molar-refractivity contribution in [2.24, 2.45) is 0 Å². The van der Waals surface area contributed by atoms with Crippen molar-refractivity contribution in [2.75, 3.05) is 18.5 Å². The van der Waals surface area contributed by atoms with Crippen LogP contribution in [-0.4, -0.2) is 23.8 Å². The van der Waals surface area contributed by atoms with Crippen molar-refractivity contribution in [3.63, 3.8) is 0 Å². The summed E-state index contributed by atoms with van der Waals surface area (Å²) >= 11 is 0. The molecule has 1 aliphatic rings. The Morgan fingerprint density at radius 3 is 2.89 bits per heavy atom. The van der Waals surface area contributed by atoms with Crippen LogP contribution >= 0.6 is 0 Å². The molecule has 98 valence electrons. The lowest BCUT2D eigenvalue weighted by atomic mass is 10.2. The van der Waals surface area contributed by atoms with Crippen LogP contribution in [0.1, 0.15) is 11.3 Å². The molecular formula is C14H15FN4. The van der Waals surface area contributed by atoms with Gasteiger partial charge in [0.25, 0.3) is 0 Å². The number of fused-ring (bicyclic) bond motifs is 1. The fraction of sp³-hybridized carbons (Fsp3) is 0.286. The zero-order valence-electron chi connectivity index (χ0n) is 10.7. The Balaban J connectivity index is 1.90. The first-order valence-electron chi connectivity index (χ1n) is 6.31. The maximum Gasteiger partial charge on any atom is 0.155 e. The fourth-order valence-electron chi connectivity index (χ4n) is 2.36. The molecule has 4 nitrogen and oxygen atoms in total. The summed E-state index contributed by atoms with van der Waals surface area (Å²) in [6, 6.07) is 8.78. The quantitative estimate of drug-likeness (QED) is 0.914. The highest BCUT2D eigenvalue weighted by Gasteiger charge is 2.22. The van der Waals surface area contributed by atoms with Gasteiger partial charge in [-0.05, 0) is 43.3 Å². The van der Waals surface area contributed by atoms with Crippen molar-refractivity contribution in [3.8, 4) is 0 Å². The van der Waals surface area contributed by atoms with Gasteiger partial charge in [0.1, 0.15) is 5.82 Å². The Bertz CT molecular complexity index is 582. The summed E-state index contributed by atoms with van der Waals surface area (Å²) in [5.74, 6) is 0.551. The molecule has 19 heavy (non-hydrogen) atoms. The van der Waals surface area contributed by atoms with E-state index < -0.39 is 0 Å². The molecule has 1 aromatic heterocycles. The Hall–Kier alpha value is -2.01. The molecule has 0 atom stereocenters. The van der Waals surface area contributed by atoms with Crippen molar-refractivity contribution < 1.29 is 4.39 Å². The highest BCUT2D eigenvalue weighted by Crippen LogP contribution is 2.33. The summed E-state index contributed by atoms with van der Waals surface area (Å²) in [4.78, 5) is 2.01. The van der Waals surface area contributed by atoms with Gasteiger partial charge < -0.3 is 10.2 Å². The van der Waals surface area contributed by atoms with E-state index in [0.29, 0.717) is 6.54 Å². The fourth-order valence-corrected chi connectivity index (χ4v) is 2.36. The first kappa shape index (κ1) is 12.0. The molecule has 0 radical (unpaired) electrons. The Labute approximate surface area is 111 Å². The number of nitrogens with one attached hydrogen (secondary N) is 1. The summed E-state index contributed by atoms with van der Waals surface area (Å²) in [6.45, 7) is 1.51. The standard InChI is InChI=1S/C14H15FN4/c1-16-9-12-4-5-14(18-17-12)19-7-6-10-2-3-11(15)8-13(10)19/h2-5,8,16H,6-7,9H2,1H3. The predicted molar refractivity (Wildman–Crippen MR) is 71.9 cm³/mol. The van der Waals surface area contributed by atoms with Gasteiger partial charge in [0.15, 0.2) is 5.82 Å². The maximum atomic E-state index is 13.3. The van der Waals surface area contributed by atoms with Gasteiger partial charge in [-0.2, -0.15) is 5.10 Å². The molecule has 2 aromatic rings. The number of hydrogen-bond acceptors (Lipinski definition) is 4. The average molecular weight is 258 g/mol. The van der Waals surface area contributed by atoms with Crippen molar-refractivity contribution in [1.82, 2.24) is 15.5 Å². The number of halogens is 1. The normalized spacial score (nSPS) is 13.7. The van der Waals surface area contributed by atoms with Crippen LogP contribution < -0.4 is 10.2 Å². The minimum atomic E-state index is -0.217. The zero-order chi connectivity index (χ0) is 13.2. The van der Waals surface area contributed by atoms with Gasteiger partial charge in [-0.1, -0.05) is 6.07 Å². The number of rotatable bonds is 3. The SMILES string of the molecule is CNCc1ccc(N2CCc3ccc(F)cc32)nn1. The second-order valence-corrected chi connectivity index (χ2v) is 4.59. The summed E-state index contributed by atoms with van der Waals surface area (Å²) in [6.07, 6.45) is 0.912. The molecule has 0 spiro atoms. The minimum absolute atomic E-state index is 0.217. The molecule has 0 amide bonds. The topological polar surface area (TPSA) is 41.0 Å². The van der Waals surface area contributed by atoms with Crippen LogP contribution in [0, 0.1) is 5.82 Å². The van der Waals surface area contributed by atoms with Crippen LogP contribution in [-0.2, 0) is 13.0 Å². The minimum Gasteiger partial charge on any atom is -0.324 e. The molecule has 5 heteroatoms. The van der Waals surface area contributed by atoms with E-state index in [-0.39, 0.29) is 5.82 Å². The lowest BCUT2D eigenvalue weighted by Gasteiger charge is -2.17. The Morgan fingerprint density at radius 2 is 2.16 bits per heavy atom. The summed E-state index contributed by atoms with van der Waals surface area (Å²) < 4.78 is 13.3. The van der Waals surface area contributed by atoms with Gasteiger partial charge in [-0.15, -0.1) is 5.10 Å². The lowest BCUT2D eigenvalue weighted by molar-refractivity contribution is 0.628. The largest absolute Gasteiger partial charge is 0.324 e. The van der Waals surface area contributed by atoms with Gasteiger partial charge >= 0.3 is 0 Å². The Kier molecular flexibility index (Phi) is 3.13. The van der Waals surface area contributed by atoms with E-state index in [9.17, 15) is 4.39 Å². The first-order valence-corrected chi connectivity index (χ1v) is 6.31. The van der Waals surface area contributed by atoms with Gasteiger partial charge in [0.05, 0.1) is 5.69 Å².